The molecule has 0 spiro atoms. The number of aromatic nitrogens is 2. The van der Waals surface area contributed by atoms with E-state index in [9.17, 15) is 4.79 Å². The standard InChI is InChI=1S/C27H27N3O3/c1-18(2)21-14-13-19(3)15-25(21)33-17-26-29-23-11-7-6-10-22(23)27(31)30(26)28-16-20-9-5-8-12-24(20)32-4/h5-16,18H,17H2,1-4H3/b28-16+. The van der Waals surface area contributed by atoms with E-state index in [2.05, 4.69) is 31.1 Å². The van der Waals surface area contributed by atoms with Gasteiger partial charge in [0.1, 0.15) is 18.1 Å². The summed E-state index contributed by atoms with van der Waals surface area (Å²) in [5, 5.41) is 4.98. The van der Waals surface area contributed by atoms with Gasteiger partial charge in [0, 0.05) is 5.56 Å². The van der Waals surface area contributed by atoms with Crippen LogP contribution in [0.1, 0.15) is 42.3 Å². The second-order valence-electron chi connectivity index (χ2n) is 8.13. The molecule has 1 aromatic heterocycles. The highest BCUT2D eigenvalue weighted by atomic mass is 16.5. The maximum absolute atomic E-state index is 13.3. The minimum Gasteiger partial charge on any atom is -0.496 e. The summed E-state index contributed by atoms with van der Waals surface area (Å²) in [6.07, 6.45) is 1.60. The molecule has 168 valence electrons. The Hall–Kier alpha value is -3.93. The lowest BCUT2D eigenvalue weighted by atomic mass is 10.0. The number of aryl methyl sites for hydroxylation is 1. The molecule has 4 aromatic rings. The van der Waals surface area contributed by atoms with Gasteiger partial charge in [-0.1, -0.05) is 50.2 Å². The SMILES string of the molecule is COc1ccccc1/C=N/n1c(COc2cc(C)ccc2C(C)C)nc2ccccc2c1=O. The Morgan fingerprint density at radius 1 is 1.03 bits per heavy atom. The predicted molar refractivity (Wildman–Crippen MR) is 132 cm³/mol. The maximum atomic E-state index is 13.3. The highest BCUT2D eigenvalue weighted by Crippen LogP contribution is 2.28. The van der Waals surface area contributed by atoms with Gasteiger partial charge in [0.2, 0.25) is 0 Å². The molecule has 0 saturated carbocycles. The van der Waals surface area contributed by atoms with E-state index in [1.165, 1.54) is 4.68 Å². The largest absolute Gasteiger partial charge is 0.496 e. The molecule has 0 bridgehead atoms. The molecule has 6 heteroatoms. The van der Waals surface area contributed by atoms with Gasteiger partial charge in [0.15, 0.2) is 5.82 Å². The number of nitrogens with zero attached hydrogens (tertiary/aromatic N) is 3. The summed E-state index contributed by atoms with van der Waals surface area (Å²) < 4.78 is 12.9. The van der Waals surface area contributed by atoms with E-state index in [0.717, 1.165) is 22.4 Å². The van der Waals surface area contributed by atoms with Crippen molar-refractivity contribution in [3.63, 3.8) is 0 Å². The lowest BCUT2D eigenvalue weighted by Crippen LogP contribution is -2.23. The molecular formula is C27H27N3O3. The van der Waals surface area contributed by atoms with Gasteiger partial charge in [0.25, 0.3) is 5.56 Å². The van der Waals surface area contributed by atoms with Crippen molar-refractivity contribution in [3.05, 3.63) is 99.6 Å². The van der Waals surface area contributed by atoms with Crippen molar-refractivity contribution < 1.29 is 9.47 Å². The molecule has 0 aliphatic rings. The number of hydrogen-bond donors (Lipinski definition) is 0. The van der Waals surface area contributed by atoms with Crippen LogP contribution in [-0.2, 0) is 6.61 Å². The van der Waals surface area contributed by atoms with E-state index in [0.29, 0.717) is 28.4 Å². The van der Waals surface area contributed by atoms with Gasteiger partial charge in [0.05, 0.1) is 24.2 Å². The minimum absolute atomic E-state index is 0.104. The smallest absolute Gasteiger partial charge is 0.282 e. The molecule has 4 rings (SSSR count). The lowest BCUT2D eigenvalue weighted by Gasteiger charge is -2.16. The van der Waals surface area contributed by atoms with Gasteiger partial charge in [-0.25, -0.2) is 4.98 Å². The van der Waals surface area contributed by atoms with Gasteiger partial charge < -0.3 is 9.47 Å². The fourth-order valence-electron chi connectivity index (χ4n) is 3.66. The van der Waals surface area contributed by atoms with Crippen LogP contribution in [0.3, 0.4) is 0 Å². The molecule has 0 radical (unpaired) electrons. The number of fused-ring (bicyclic) bond motifs is 1. The quantitative estimate of drug-likeness (QED) is 0.365. The molecule has 0 aliphatic heterocycles. The van der Waals surface area contributed by atoms with Crippen LogP contribution in [0.25, 0.3) is 10.9 Å². The second-order valence-corrected chi connectivity index (χ2v) is 8.13. The Balaban J connectivity index is 1.77. The molecule has 1 heterocycles. The average Bonchev–Trinajstić information content (AvgIpc) is 2.82. The van der Waals surface area contributed by atoms with Crippen molar-refractivity contribution >= 4 is 17.1 Å². The van der Waals surface area contributed by atoms with E-state index in [1.54, 1.807) is 19.4 Å². The summed E-state index contributed by atoms with van der Waals surface area (Å²) in [6.45, 7) is 6.38. The zero-order valence-corrected chi connectivity index (χ0v) is 19.3. The molecule has 0 saturated heterocycles. The summed E-state index contributed by atoms with van der Waals surface area (Å²) in [5.74, 6) is 2.17. The zero-order chi connectivity index (χ0) is 23.4. The molecule has 0 atom stereocenters. The van der Waals surface area contributed by atoms with Crippen LogP contribution in [0.15, 0.2) is 76.6 Å². The first-order valence-corrected chi connectivity index (χ1v) is 10.9. The molecule has 0 aliphatic carbocycles. The van der Waals surface area contributed by atoms with Crippen LogP contribution in [0, 0.1) is 6.92 Å². The van der Waals surface area contributed by atoms with Gasteiger partial charge in [-0.2, -0.15) is 9.78 Å². The van der Waals surface area contributed by atoms with Crippen molar-refractivity contribution in [2.75, 3.05) is 7.11 Å². The van der Waals surface area contributed by atoms with Crippen LogP contribution in [-0.4, -0.2) is 23.0 Å². The van der Waals surface area contributed by atoms with Crippen molar-refractivity contribution in [2.45, 2.75) is 33.3 Å². The first-order chi connectivity index (χ1) is 16.0. The maximum Gasteiger partial charge on any atom is 0.282 e. The van der Waals surface area contributed by atoms with Gasteiger partial charge in [-0.15, -0.1) is 0 Å². The molecule has 6 nitrogen and oxygen atoms in total. The van der Waals surface area contributed by atoms with Crippen molar-refractivity contribution in [1.82, 2.24) is 9.66 Å². The van der Waals surface area contributed by atoms with E-state index in [4.69, 9.17) is 14.5 Å². The molecule has 0 amide bonds. The normalized spacial score (nSPS) is 11.4. The van der Waals surface area contributed by atoms with Gasteiger partial charge in [-0.05, 0) is 54.3 Å². The Morgan fingerprint density at radius 3 is 2.58 bits per heavy atom. The van der Waals surface area contributed by atoms with E-state index in [-0.39, 0.29) is 12.2 Å². The Bertz CT molecular complexity index is 1370. The van der Waals surface area contributed by atoms with Crippen LogP contribution in [0.4, 0.5) is 0 Å². The van der Waals surface area contributed by atoms with Crippen LogP contribution in [0.5, 0.6) is 11.5 Å². The first-order valence-electron chi connectivity index (χ1n) is 10.9. The summed E-state index contributed by atoms with van der Waals surface area (Å²) in [5.41, 5.74) is 3.32. The van der Waals surface area contributed by atoms with E-state index in [1.807, 2.05) is 55.5 Å². The van der Waals surface area contributed by atoms with Crippen molar-refractivity contribution in [1.29, 1.82) is 0 Å². The fourth-order valence-corrected chi connectivity index (χ4v) is 3.66. The lowest BCUT2D eigenvalue weighted by molar-refractivity contribution is 0.285. The molecule has 3 aromatic carbocycles. The predicted octanol–water partition coefficient (Wildman–Crippen LogP) is 5.30. The van der Waals surface area contributed by atoms with Crippen LogP contribution >= 0.6 is 0 Å². The number of hydrogen-bond acceptors (Lipinski definition) is 5. The Morgan fingerprint density at radius 2 is 1.79 bits per heavy atom. The van der Waals surface area contributed by atoms with Crippen molar-refractivity contribution in [2.24, 2.45) is 5.10 Å². The summed E-state index contributed by atoms with van der Waals surface area (Å²) in [4.78, 5) is 18.0. The molecule has 0 fully saturated rings. The zero-order valence-electron chi connectivity index (χ0n) is 19.3. The van der Waals surface area contributed by atoms with Gasteiger partial charge in [-0.3, -0.25) is 4.79 Å². The molecule has 0 unspecified atom stereocenters. The third kappa shape index (κ3) is 4.80. The number of rotatable bonds is 7. The topological polar surface area (TPSA) is 65.7 Å². The van der Waals surface area contributed by atoms with Crippen molar-refractivity contribution in [3.8, 4) is 11.5 Å². The number of para-hydroxylation sites is 2. The fraction of sp³-hybridized carbons (Fsp3) is 0.222. The van der Waals surface area contributed by atoms with Gasteiger partial charge >= 0.3 is 0 Å². The first kappa shape index (κ1) is 22.3. The Labute approximate surface area is 193 Å². The second kappa shape index (κ2) is 9.69. The monoisotopic (exact) mass is 441 g/mol. The third-order valence-electron chi connectivity index (χ3n) is 5.42. The molecular weight excluding hydrogens is 414 g/mol. The molecule has 0 N–H and O–H groups in total. The summed E-state index contributed by atoms with van der Waals surface area (Å²) >= 11 is 0. The van der Waals surface area contributed by atoms with Crippen LogP contribution < -0.4 is 15.0 Å². The van der Waals surface area contributed by atoms with E-state index < -0.39 is 0 Å². The number of benzene rings is 3. The highest BCUT2D eigenvalue weighted by molar-refractivity contribution is 5.83. The third-order valence-corrected chi connectivity index (χ3v) is 5.42. The van der Waals surface area contributed by atoms with Crippen LogP contribution in [0.2, 0.25) is 0 Å². The highest BCUT2D eigenvalue weighted by Gasteiger charge is 2.14. The van der Waals surface area contributed by atoms with E-state index >= 15 is 0 Å². The Kier molecular flexibility index (Phi) is 6.54. The number of methoxy groups -OCH3 is 1. The average molecular weight is 442 g/mol. The molecule has 33 heavy (non-hydrogen) atoms. The number of ether oxygens (including phenoxy) is 2. The summed E-state index contributed by atoms with van der Waals surface area (Å²) in [7, 11) is 1.60. The minimum atomic E-state index is -0.251. The summed E-state index contributed by atoms with van der Waals surface area (Å²) in [6, 6.07) is 20.9.